The van der Waals surface area contributed by atoms with Crippen molar-refractivity contribution >= 4 is 0 Å². The van der Waals surface area contributed by atoms with Crippen LogP contribution in [0, 0.1) is 23.3 Å². The van der Waals surface area contributed by atoms with E-state index in [4.69, 9.17) is 0 Å². The van der Waals surface area contributed by atoms with Crippen LogP contribution in [-0.2, 0) is 6.42 Å². The summed E-state index contributed by atoms with van der Waals surface area (Å²) in [6.45, 7) is 2.00. The fourth-order valence-electron chi connectivity index (χ4n) is 2.61. The first kappa shape index (κ1) is 16.2. The van der Waals surface area contributed by atoms with Crippen LogP contribution in [0.1, 0.15) is 12.5 Å². The Morgan fingerprint density at radius 2 is 1.21 bits per heavy atom. The Hall–Kier alpha value is -2.62. The van der Waals surface area contributed by atoms with Crippen molar-refractivity contribution in [1.82, 2.24) is 0 Å². The maximum atomic E-state index is 14.5. The predicted molar refractivity (Wildman–Crippen MR) is 86.5 cm³/mol. The van der Waals surface area contributed by atoms with Gasteiger partial charge in [0.2, 0.25) is 0 Å². The van der Waals surface area contributed by atoms with Gasteiger partial charge in [-0.15, -0.1) is 0 Å². The van der Waals surface area contributed by atoms with E-state index in [0.29, 0.717) is 5.56 Å². The van der Waals surface area contributed by atoms with Gasteiger partial charge in [-0.3, -0.25) is 0 Å². The summed E-state index contributed by atoms with van der Waals surface area (Å²) in [7, 11) is 0. The zero-order valence-electron chi connectivity index (χ0n) is 12.9. The Morgan fingerprint density at radius 1 is 0.625 bits per heavy atom. The van der Waals surface area contributed by atoms with Crippen molar-refractivity contribution in [3.8, 4) is 22.3 Å². The average Bonchev–Trinajstić information content (AvgIpc) is 2.60. The molecule has 3 rings (SSSR count). The molecule has 0 amide bonds. The van der Waals surface area contributed by atoms with Crippen LogP contribution in [0.15, 0.2) is 54.6 Å². The molecular formula is C20H14F4. The van der Waals surface area contributed by atoms with Gasteiger partial charge in [0.1, 0.15) is 0 Å². The maximum absolute atomic E-state index is 14.5. The molecule has 4 heteroatoms. The second-order valence-electron chi connectivity index (χ2n) is 5.44. The third kappa shape index (κ3) is 2.80. The molecule has 3 aromatic carbocycles. The van der Waals surface area contributed by atoms with Crippen molar-refractivity contribution in [1.29, 1.82) is 0 Å². The van der Waals surface area contributed by atoms with Gasteiger partial charge in [-0.05, 0) is 23.6 Å². The molecule has 0 radical (unpaired) electrons. The second kappa shape index (κ2) is 6.48. The lowest BCUT2D eigenvalue weighted by Gasteiger charge is -2.10. The highest BCUT2D eigenvalue weighted by Crippen LogP contribution is 2.33. The van der Waals surface area contributed by atoms with E-state index < -0.39 is 23.3 Å². The molecule has 3 aromatic rings. The highest BCUT2D eigenvalue weighted by atomic mass is 19.2. The number of halogens is 4. The summed E-state index contributed by atoms with van der Waals surface area (Å²) < 4.78 is 56.0. The maximum Gasteiger partial charge on any atom is 0.167 e. The average molecular weight is 330 g/mol. The van der Waals surface area contributed by atoms with Gasteiger partial charge in [-0.1, -0.05) is 55.5 Å². The first-order valence-corrected chi connectivity index (χ1v) is 7.54. The SMILES string of the molecule is CCc1ccc(-c2ccc(-c3cccc(F)c3F)c(F)c2F)cc1. The first-order valence-electron chi connectivity index (χ1n) is 7.54. The molecule has 0 N–H and O–H groups in total. The lowest BCUT2D eigenvalue weighted by Crippen LogP contribution is -1.97. The fourth-order valence-corrected chi connectivity index (χ4v) is 2.61. The molecule has 0 aromatic heterocycles. The number of rotatable bonds is 3. The van der Waals surface area contributed by atoms with Crippen LogP contribution in [-0.4, -0.2) is 0 Å². The van der Waals surface area contributed by atoms with E-state index in [2.05, 4.69) is 0 Å². The molecule has 0 atom stereocenters. The molecule has 0 bridgehead atoms. The Balaban J connectivity index is 2.10. The van der Waals surface area contributed by atoms with Gasteiger partial charge >= 0.3 is 0 Å². The Morgan fingerprint density at radius 3 is 1.88 bits per heavy atom. The topological polar surface area (TPSA) is 0 Å². The smallest absolute Gasteiger partial charge is 0.167 e. The van der Waals surface area contributed by atoms with E-state index in [1.165, 1.54) is 24.3 Å². The van der Waals surface area contributed by atoms with Crippen molar-refractivity contribution in [2.45, 2.75) is 13.3 Å². The molecule has 0 fully saturated rings. The van der Waals surface area contributed by atoms with Crippen LogP contribution in [0.4, 0.5) is 17.6 Å². The van der Waals surface area contributed by atoms with E-state index in [-0.39, 0.29) is 16.7 Å². The molecule has 0 unspecified atom stereocenters. The molecule has 0 aliphatic heterocycles. The van der Waals surface area contributed by atoms with E-state index >= 15 is 0 Å². The predicted octanol–water partition coefficient (Wildman–Crippen LogP) is 6.14. The van der Waals surface area contributed by atoms with Crippen LogP contribution in [0.3, 0.4) is 0 Å². The minimum atomic E-state index is -1.20. The number of hydrogen-bond donors (Lipinski definition) is 0. The highest BCUT2D eigenvalue weighted by Gasteiger charge is 2.19. The Kier molecular flexibility index (Phi) is 4.38. The quantitative estimate of drug-likeness (QED) is 0.506. The van der Waals surface area contributed by atoms with Crippen molar-refractivity contribution in [3.05, 3.63) is 83.4 Å². The summed E-state index contributed by atoms with van der Waals surface area (Å²) in [5.74, 6) is -4.58. The largest absolute Gasteiger partial charge is 0.204 e. The molecule has 0 heterocycles. The van der Waals surface area contributed by atoms with Crippen LogP contribution in [0.2, 0.25) is 0 Å². The first-order chi connectivity index (χ1) is 11.5. The van der Waals surface area contributed by atoms with E-state index in [0.717, 1.165) is 18.1 Å². The highest BCUT2D eigenvalue weighted by molar-refractivity contribution is 5.72. The van der Waals surface area contributed by atoms with Gasteiger partial charge in [-0.2, -0.15) is 0 Å². The second-order valence-corrected chi connectivity index (χ2v) is 5.44. The molecule has 0 spiro atoms. The van der Waals surface area contributed by atoms with E-state index in [1.807, 2.05) is 19.1 Å². The zero-order valence-corrected chi connectivity index (χ0v) is 12.9. The molecule has 0 aliphatic rings. The minimum absolute atomic E-state index is 0.0794. The summed E-state index contributed by atoms with van der Waals surface area (Å²) in [6.07, 6.45) is 0.842. The van der Waals surface area contributed by atoms with Gasteiger partial charge in [0, 0.05) is 16.7 Å². The van der Waals surface area contributed by atoms with Crippen LogP contribution in [0.5, 0.6) is 0 Å². The van der Waals surface area contributed by atoms with E-state index in [9.17, 15) is 17.6 Å². The molecule has 122 valence electrons. The van der Waals surface area contributed by atoms with Gasteiger partial charge in [0.25, 0.3) is 0 Å². The number of benzene rings is 3. The lowest BCUT2D eigenvalue weighted by atomic mass is 9.97. The van der Waals surface area contributed by atoms with Crippen LogP contribution >= 0.6 is 0 Å². The van der Waals surface area contributed by atoms with E-state index in [1.54, 1.807) is 12.1 Å². The molecule has 0 aliphatic carbocycles. The fraction of sp³-hybridized carbons (Fsp3) is 0.100. The molecule has 24 heavy (non-hydrogen) atoms. The zero-order chi connectivity index (χ0) is 17.3. The Labute approximate surface area is 137 Å². The molecular weight excluding hydrogens is 316 g/mol. The summed E-state index contributed by atoms with van der Waals surface area (Å²) in [4.78, 5) is 0. The van der Waals surface area contributed by atoms with Crippen molar-refractivity contribution in [2.24, 2.45) is 0 Å². The molecule has 0 saturated carbocycles. The minimum Gasteiger partial charge on any atom is -0.204 e. The van der Waals surface area contributed by atoms with Gasteiger partial charge in [0.05, 0.1) is 0 Å². The summed E-state index contributed by atoms with van der Waals surface area (Å²) in [5.41, 5.74) is 1.07. The summed E-state index contributed by atoms with van der Waals surface area (Å²) in [5, 5.41) is 0. The van der Waals surface area contributed by atoms with Crippen molar-refractivity contribution < 1.29 is 17.6 Å². The van der Waals surface area contributed by atoms with Crippen LogP contribution < -0.4 is 0 Å². The standard InChI is InChI=1S/C20H14F4/c1-2-12-6-8-13(9-7-12)14-10-11-16(20(24)19(14)23)15-4-3-5-17(21)18(15)22/h3-11H,2H2,1H3. The monoisotopic (exact) mass is 330 g/mol. The van der Waals surface area contributed by atoms with Crippen molar-refractivity contribution in [3.63, 3.8) is 0 Å². The molecule has 0 nitrogen and oxygen atoms in total. The van der Waals surface area contributed by atoms with Gasteiger partial charge < -0.3 is 0 Å². The number of aryl methyl sites for hydroxylation is 1. The molecule has 0 saturated heterocycles. The summed E-state index contributed by atoms with van der Waals surface area (Å²) in [6, 6.07) is 13.1. The van der Waals surface area contributed by atoms with Crippen LogP contribution in [0.25, 0.3) is 22.3 Å². The van der Waals surface area contributed by atoms with Gasteiger partial charge in [0.15, 0.2) is 23.3 Å². The number of hydrogen-bond acceptors (Lipinski definition) is 0. The third-order valence-electron chi connectivity index (χ3n) is 4.00. The summed E-state index contributed by atoms with van der Waals surface area (Å²) >= 11 is 0. The third-order valence-corrected chi connectivity index (χ3v) is 4.00. The van der Waals surface area contributed by atoms with Gasteiger partial charge in [-0.25, -0.2) is 17.6 Å². The normalized spacial score (nSPS) is 10.9. The lowest BCUT2D eigenvalue weighted by molar-refractivity contribution is 0.502. The van der Waals surface area contributed by atoms with Crippen molar-refractivity contribution in [2.75, 3.05) is 0 Å². The Bertz CT molecular complexity index is 883.